The fourth-order valence-electron chi connectivity index (χ4n) is 0.938. The molecular formula is C10H16N2OS. The Morgan fingerprint density at radius 2 is 2.29 bits per heavy atom. The Hall–Kier alpha value is -0.900. The minimum Gasteiger partial charge on any atom is -0.369 e. The number of anilines is 1. The number of hydrogen-bond acceptors (Lipinski definition) is 3. The lowest BCUT2D eigenvalue weighted by Crippen LogP contribution is -2.20. The molecular weight excluding hydrogens is 196 g/mol. The fraction of sp³-hybridized carbons (Fsp3) is 0.500. The minimum atomic E-state index is -0.779. The molecule has 1 aromatic heterocycles. The number of aryl methyl sites for hydroxylation is 1. The molecule has 1 heterocycles. The van der Waals surface area contributed by atoms with Crippen molar-refractivity contribution >= 4 is 16.6 Å². The first kappa shape index (κ1) is 11.2. The van der Waals surface area contributed by atoms with Crippen molar-refractivity contribution in [1.82, 2.24) is 4.98 Å². The lowest BCUT2D eigenvalue weighted by Gasteiger charge is -2.10. The molecule has 0 bridgehead atoms. The first-order valence-electron chi connectivity index (χ1n) is 4.58. The van der Waals surface area contributed by atoms with Gasteiger partial charge in [-0.2, -0.15) is 0 Å². The summed E-state index contributed by atoms with van der Waals surface area (Å²) in [6.45, 7) is 4.65. The Bertz CT molecular complexity index is 310. The zero-order valence-electron chi connectivity index (χ0n) is 8.78. The number of hydrogen-bond donors (Lipinski definition) is 1. The van der Waals surface area contributed by atoms with Crippen molar-refractivity contribution in [3.8, 4) is 0 Å². The summed E-state index contributed by atoms with van der Waals surface area (Å²) in [5.74, 6) is 0.841. The van der Waals surface area contributed by atoms with E-state index >= 15 is 0 Å². The van der Waals surface area contributed by atoms with Gasteiger partial charge in [0.05, 0.1) is 0 Å². The molecule has 1 rings (SSSR count). The molecule has 0 saturated carbocycles. The molecule has 2 atom stereocenters. The van der Waals surface area contributed by atoms with Gasteiger partial charge in [0.2, 0.25) is 0 Å². The third-order valence-electron chi connectivity index (χ3n) is 2.05. The van der Waals surface area contributed by atoms with Crippen LogP contribution in [0.3, 0.4) is 0 Å². The van der Waals surface area contributed by atoms with Gasteiger partial charge in [-0.3, -0.25) is 4.21 Å². The van der Waals surface area contributed by atoms with Gasteiger partial charge in [0.15, 0.2) is 0 Å². The maximum atomic E-state index is 11.1. The average molecular weight is 212 g/mol. The van der Waals surface area contributed by atoms with E-state index in [4.69, 9.17) is 0 Å². The molecule has 0 aromatic carbocycles. The quantitative estimate of drug-likeness (QED) is 0.823. The first-order valence-corrected chi connectivity index (χ1v) is 6.20. The first-order chi connectivity index (χ1) is 6.59. The van der Waals surface area contributed by atoms with Crippen LogP contribution in [-0.2, 0) is 10.8 Å². The van der Waals surface area contributed by atoms with E-state index in [0.29, 0.717) is 6.54 Å². The third kappa shape index (κ3) is 3.46. The van der Waals surface area contributed by atoms with Crippen LogP contribution in [0.4, 0.5) is 5.82 Å². The number of nitrogens with one attached hydrogen (secondary N) is 1. The van der Waals surface area contributed by atoms with E-state index in [0.717, 1.165) is 11.4 Å². The second-order valence-electron chi connectivity index (χ2n) is 3.41. The van der Waals surface area contributed by atoms with Crippen molar-refractivity contribution in [2.75, 3.05) is 18.1 Å². The highest BCUT2D eigenvalue weighted by atomic mass is 32.2. The fourth-order valence-corrected chi connectivity index (χ4v) is 1.26. The summed E-state index contributed by atoms with van der Waals surface area (Å²) in [5, 5.41) is 3.30. The molecule has 0 amide bonds. The number of rotatable bonds is 4. The van der Waals surface area contributed by atoms with Crippen LogP contribution >= 0.6 is 0 Å². The maximum absolute atomic E-state index is 11.1. The lowest BCUT2D eigenvalue weighted by molar-refractivity contribution is 0.679. The Kier molecular flexibility index (Phi) is 4.07. The van der Waals surface area contributed by atoms with E-state index in [9.17, 15) is 4.21 Å². The number of aromatic nitrogens is 1. The Labute approximate surface area is 87.4 Å². The smallest absolute Gasteiger partial charge is 0.125 e. The summed E-state index contributed by atoms with van der Waals surface area (Å²) in [7, 11) is -0.779. The topological polar surface area (TPSA) is 42.0 Å². The maximum Gasteiger partial charge on any atom is 0.125 e. The molecule has 4 heteroatoms. The monoisotopic (exact) mass is 212 g/mol. The molecule has 14 heavy (non-hydrogen) atoms. The molecule has 0 aliphatic rings. The zero-order valence-corrected chi connectivity index (χ0v) is 9.60. The normalized spacial score (nSPS) is 14.8. The van der Waals surface area contributed by atoms with E-state index in [1.165, 1.54) is 0 Å². The van der Waals surface area contributed by atoms with Crippen LogP contribution in [0.25, 0.3) is 0 Å². The van der Waals surface area contributed by atoms with Gasteiger partial charge in [-0.1, -0.05) is 6.07 Å². The molecule has 2 unspecified atom stereocenters. The predicted molar refractivity (Wildman–Crippen MR) is 61.0 cm³/mol. The van der Waals surface area contributed by atoms with Crippen molar-refractivity contribution in [3.05, 3.63) is 23.9 Å². The van der Waals surface area contributed by atoms with Crippen LogP contribution in [-0.4, -0.2) is 27.2 Å². The molecule has 0 radical (unpaired) electrons. The minimum absolute atomic E-state index is 0.151. The molecule has 0 saturated heterocycles. The van der Waals surface area contributed by atoms with Gasteiger partial charge in [-0.05, 0) is 25.5 Å². The second-order valence-corrected chi connectivity index (χ2v) is 5.21. The van der Waals surface area contributed by atoms with Crippen molar-refractivity contribution in [3.63, 3.8) is 0 Å². The molecule has 0 aliphatic heterocycles. The van der Waals surface area contributed by atoms with Crippen LogP contribution in [0, 0.1) is 6.92 Å². The molecule has 1 aromatic rings. The van der Waals surface area contributed by atoms with E-state index in [1.54, 1.807) is 6.26 Å². The Morgan fingerprint density at radius 1 is 1.57 bits per heavy atom. The van der Waals surface area contributed by atoms with Gasteiger partial charge in [-0.25, -0.2) is 4.98 Å². The predicted octanol–water partition coefficient (Wildman–Crippen LogP) is 1.57. The SMILES string of the molecule is Cc1ccc(NCC(C)S(C)=O)nc1. The highest BCUT2D eigenvalue weighted by Crippen LogP contribution is 2.04. The van der Waals surface area contributed by atoms with E-state index in [1.807, 2.05) is 32.2 Å². The van der Waals surface area contributed by atoms with Crippen LogP contribution < -0.4 is 5.32 Å². The van der Waals surface area contributed by atoms with Crippen LogP contribution in [0.5, 0.6) is 0 Å². The second kappa shape index (κ2) is 5.10. The zero-order chi connectivity index (χ0) is 10.6. The number of nitrogens with zero attached hydrogens (tertiary/aromatic N) is 1. The van der Waals surface area contributed by atoms with Gasteiger partial charge < -0.3 is 5.32 Å². The average Bonchev–Trinajstić information content (AvgIpc) is 2.16. The van der Waals surface area contributed by atoms with Crippen molar-refractivity contribution in [2.24, 2.45) is 0 Å². The summed E-state index contributed by atoms with van der Waals surface area (Å²) in [6, 6.07) is 3.93. The van der Waals surface area contributed by atoms with Crippen LogP contribution in [0.15, 0.2) is 18.3 Å². The van der Waals surface area contributed by atoms with Gasteiger partial charge in [0.25, 0.3) is 0 Å². The Balaban J connectivity index is 2.46. The highest BCUT2D eigenvalue weighted by molar-refractivity contribution is 7.84. The third-order valence-corrected chi connectivity index (χ3v) is 3.35. The standard InChI is InChI=1S/C10H16N2OS/c1-8-4-5-10(11-6-8)12-7-9(2)14(3)13/h4-6,9H,7H2,1-3H3,(H,11,12). The lowest BCUT2D eigenvalue weighted by atomic mass is 10.3. The molecule has 0 aliphatic carbocycles. The van der Waals surface area contributed by atoms with Crippen LogP contribution in [0.1, 0.15) is 12.5 Å². The number of pyridine rings is 1. The highest BCUT2D eigenvalue weighted by Gasteiger charge is 2.05. The molecule has 3 nitrogen and oxygen atoms in total. The van der Waals surface area contributed by atoms with Gasteiger partial charge in [-0.15, -0.1) is 0 Å². The Morgan fingerprint density at radius 3 is 2.79 bits per heavy atom. The van der Waals surface area contributed by atoms with Crippen molar-refractivity contribution < 1.29 is 4.21 Å². The van der Waals surface area contributed by atoms with Crippen LogP contribution in [0.2, 0.25) is 0 Å². The van der Waals surface area contributed by atoms with E-state index in [2.05, 4.69) is 10.3 Å². The van der Waals surface area contributed by atoms with Gasteiger partial charge >= 0.3 is 0 Å². The van der Waals surface area contributed by atoms with Crippen molar-refractivity contribution in [1.29, 1.82) is 0 Å². The summed E-state index contributed by atoms with van der Waals surface area (Å²) in [6.07, 6.45) is 3.53. The van der Waals surface area contributed by atoms with Crippen molar-refractivity contribution in [2.45, 2.75) is 19.1 Å². The largest absolute Gasteiger partial charge is 0.369 e. The summed E-state index contributed by atoms with van der Waals surface area (Å²) in [4.78, 5) is 4.20. The van der Waals surface area contributed by atoms with E-state index < -0.39 is 10.8 Å². The summed E-state index contributed by atoms with van der Waals surface area (Å²) < 4.78 is 11.1. The molecule has 1 N–H and O–H groups in total. The van der Waals surface area contributed by atoms with E-state index in [-0.39, 0.29) is 5.25 Å². The van der Waals surface area contributed by atoms with Gasteiger partial charge in [0.1, 0.15) is 5.82 Å². The summed E-state index contributed by atoms with van der Waals surface area (Å²) in [5.41, 5.74) is 1.14. The summed E-state index contributed by atoms with van der Waals surface area (Å²) >= 11 is 0. The van der Waals surface area contributed by atoms with Gasteiger partial charge in [0, 0.05) is 35.0 Å². The molecule has 0 fully saturated rings. The molecule has 78 valence electrons. The molecule has 0 spiro atoms.